The zero-order valence-corrected chi connectivity index (χ0v) is 20.2. The number of ether oxygens (including phenoxy) is 2. The number of benzene rings is 2. The van der Waals surface area contributed by atoms with E-state index in [4.69, 9.17) is 9.47 Å². The van der Waals surface area contributed by atoms with Crippen molar-refractivity contribution in [3.63, 3.8) is 0 Å². The maximum absolute atomic E-state index is 13.5. The molecule has 4 aromatic rings. The molecule has 0 bridgehead atoms. The van der Waals surface area contributed by atoms with Gasteiger partial charge in [0.1, 0.15) is 11.6 Å². The number of halogens is 1. The summed E-state index contributed by atoms with van der Waals surface area (Å²) < 4.78 is 26.6. The van der Waals surface area contributed by atoms with Crippen LogP contribution in [0.25, 0.3) is 10.9 Å². The van der Waals surface area contributed by atoms with E-state index in [9.17, 15) is 9.18 Å². The van der Waals surface area contributed by atoms with Gasteiger partial charge in [0.25, 0.3) is 5.56 Å². The van der Waals surface area contributed by atoms with E-state index < -0.39 is 0 Å². The van der Waals surface area contributed by atoms with Crippen LogP contribution in [0.4, 0.5) is 4.39 Å². The van der Waals surface area contributed by atoms with Crippen LogP contribution in [0.2, 0.25) is 0 Å². The lowest BCUT2D eigenvalue weighted by Gasteiger charge is -2.22. The lowest BCUT2D eigenvalue weighted by Crippen LogP contribution is -2.29. The Balaban J connectivity index is 1.42. The first-order chi connectivity index (χ1) is 17.6. The molecule has 0 spiro atoms. The number of aromatic amines is 1. The smallest absolute Gasteiger partial charge is 0.252 e. The summed E-state index contributed by atoms with van der Waals surface area (Å²) in [6, 6.07) is 13.9. The number of aromatic nitrogens is 5. The van der Waals surface area contributed by atoms with Crippen LogP contribution in [0.1, 0.15) is 36.7 Å². The maximum Gasteiger partial charge on any atom is 0.252 e. The van der Waals surface area contributed by atoms with Gasteiger partial charge in [0.05, 0.1) is 25.8 Å². The number of pyridine rings is 1. The van der Waals surface area contributed by atoms with Crippen LogP contribution in [0.5, 0.6) is 5.75 Å². The minimum Gasteiger partial charge on any atom is -0.494 e. The Bertz CT molecular complexity index is 1360. The molecule has 0 amide bonds. The second-order valence-electron chi connectivity index (χ2n) is 8.99. The van der Waals surface area contributed by atoms with Crippen LogP contribution in [-0.4, -0.2) is 49.4 Å². The van der Waals surface area contributed by atoms with Gasteiger partial charge in [-0.15, -0.1) is 5.10 Å². The van der Waals surface area contributed by atoms with Gasteiger partial charge in [0.2, 0.25) is 0 Å². The molecule has 10 heteroatoms. The summed E-state index contributed by atoms with van der Waals surface area (Å²) >= 11 is 0. The zero-order valence-electron chi connectivity index (χ0n) is 20.2. The SMILES string of the molecule is CCOc1ccc2[nH]c(=O)c(CN(Cc3ccc(F)cc3)Cc3nnnn3C[C@H]3CCCO3)cc2c1. The maximum atomic E-state index is 13.5. The van der Waals surface area contributed by atoms with Crippen LogP contribution >= 0.6 is 0 Å². The average molecular weight is 493 g/mol. The molecule has 188 valence electrons. The summed E-state index contributed by atoms with van der Waals surface area (Å²) in [5.74, 6) is 1.14. The average Bonchev–Trinajstić information content (AvgIpc) is 3.54. The second kappa shape index (κ2) is 11.0. The first kappa shape index (κ1) is 24.1. The monoisotopic (exact) mass is 492 g/mol. The van der Waals surface area contributed by atoms with Gasteiger partial charge < -0.3 is 14.5 Å². The standard InChI is InChI=1S/C26H29FN6O3/c1-2-35-22-9-10-24-19(13-22)12-20(26(34)28-24)15-32(14-18-5-7-21(27)8-6-18)17-25-29-30-31-33(25)16-23-4-3-11-36-23/h5-10,12-13,23H,2-4,11,14-17H2,1H3,(H,28,34)/t23-/m1/s1. The number of hydrogen-bond acceptors (Lipinski definition) is 7. The van der Waals surface area contributed by atoms with Gasteiger partial charge in [-0.3, -0.25) is 9.69 Å². The fourth-order valence-electron chi connectivity index (χ4n) is 4.52. The molecule has 0 radical (unpaired) electrons. The van der Waals surface area contributed by atoms with Crippen LogP contribution in [0.3, 0.4) is 0 Å². The van der Waals surface area contributed by atoms with Crippen molar-refractivity contribution in [2.24, 2.45) is 0 Å². The van der Waals surface area contributed by atoms with E-state index in [1.807, 2.05) is 31.2 Å². The molecule has 2 aromatic carbocycles. The molecule has 1 aliphatic rings. The summed E-state index contributed by atoms with van der Waals surface area (Å²) in [6.07, 6.45) is 2.12. The highest BCUT2D eigenvalue weighted by Crippen LogP contribution is 2.21. The molecule has 0 saturated carbocycles. The van der Waals surface area contributed by atoms with Crippen LogP contribution in [-0.2, 0) is 30.9 Å². The Labute approximate surface area is 207 Å². The molecule has 3 heterocycles. The van der Waals surface area contributed by atoms with Gasteiger partial charge in [-0.05, 0) is 72.2 Å². The van der Waals surface area contributed by atoms with Gasteiger partial charge in [0.15, 0.2) is 5.82 Å². The highest BCUT2D eigenvalue weighted by atomic mass is 19.1. The van der Waals surface area contributed by atoms with Crippen molar-refractivity contribution in [1.82, 2.24) is 30.1 Å². The number of fused-ring (bicyclic) bond motifs is 1. The predicted molar refractivity (Wildman–Crippen MR) is 132 cm³/mol. The second-order valence-corrected chi connectivity index (χ2v) is 8.99. The fourth-order valence-corrected chi connectivity index (χ4v) is 4.52. The third-order valence-electron chi connectivity index (χ3n) is 6.29. The van der Waals surface area contributed by atoms with Gasteiger partial charge in [-0.2, -0.15) is 0 Å². The van der Waals surface area contributed by atoms with Gasteiger partial charge in [0, 0.05) is 36.2 Å². The van der Waals surface area contributed by atoms with Crippen LogP contribution in [0.15, 0.2) is 53.3 Å². The normalized spacial score (nSPS) is 15.7. The zero-order chi connectivity index (χ0) is 24.9. The Morgan fingerprint density at radius 1 is 1.17 bits per heavy atom. The summed E-state index contributed by atoms with van der Waals surface area (Å²) in [4.78, 5) is 18.0. The van der Waals surface area contributed by atoms with E-state index in [2.05, 4.69) is 25.4 Å². The topological polar surface area (TPSA) is 98.2 Å². The van der Waals surface area contributed by atoms with Crippen molar-refractivity contribution in [3.05, 3.63) is 81.7 Å². The Morgan fingerprint density at radius 2 is 2.03 bits per heavy atom. The Morgan fingerprint density at radius 3 is 2.81 bits per heavy atom. The van der Waals surface area contributed by atoms with Gasteiger partial charge >= 0.3 is 0 Å². The first-order valence-electron chi connectivity index (χ1n) is 12.2. The number of nitrogens with zero attached hydrogens (tertiary/aromatic N) is 5. The molecule has 2 aromatic heterocycles. The number of rotatable bonds is 10. The number of nitrogens with one attached hydrogen (secondary N) is 1. The van der Waals surface area contributed by atoms with E-state index in [0.29, 0.717) is 44.2 Å². The molecule has 9 nitrogen and oxygen atoms in total. The Hall–Kier alpha value is -3.63. The van der Waals surface area contributed by atoms with E-state index in [1.165, 1.54) is 12.1 Å². The third kappa shape index (κ3) is 5.77. The summed E-state index contributed by atoms with van der Waals surface area (Å²) in [5, 5.41) is 13.2. The van der Waals surface area contributed by atoms with Crippen molar-refractivity contribution < 1.29 is 13.9 Å². The lowest BCUT2D eigenvalue weighted by molar-refractivity contribution is 0.0914. The largest absolute Gasteiger partial charge is 0.494 e. The van der Waals surface area contributed by atoms with Crippen LogP contribution in [0, 0.1) is 5.82 Å². The van der Waals surface area contributed by atoms with Gasteiger partial charge in [-0.1, -0.05) is 12.1 Å². The summed E-state index contributed by atoms with van der Waals surface area (Å²) in [5.41, 5.74) is 2.12. The Kier molecular flexibility index (Phi) is 7.33. The fraction of sp³-hybridized carbons (Fsp3) is 0.385. The lowest BCUT2D eigenvalue weighted by atomic mass is 10.1. The number of hydrogen-bond donors (Lipinski definition) is 1. The highest BCUT2D eigenvalue weighted by Gasteiger charge is 2.21. The molecule has 1 aliphatic heterocycles. The first-order valence-corrected chi connectivity index (χ1v) is 12.2. The number of tetrazole rings is 1. The molecule has 1 atom stereocenters. The molecule has 0 unspecified atom stereocenters. The van der Waals surface area contributed by atoms with Crippen LogP contribution < -0.4 is 10.3 Å². The minimum atomic E-state index is -0.290. The van der Waals surface area contributed by atoms with Crippen molar-refractivity contribution in [2.45, 2.75) is 52.0 Å². The highest BCUT2D eigenvalue weighted by molar-refractivity contribution is 5.80. The van der Waals surface area contributed by atoms with E-state index in [-0.39, 0.29) is 17.5 Å². The van der Waals surface area contributed by atoms with E-state index in [0.717, 1.165) is 41.7 Å². The molecule has 1 saturated heterocycles. The van der Waals surface area contributed by atoms with Crippen molar-refractivity contribution in [1.29, 1.82) is 0 Å². The summed E-state index contributed by atoms with van der Waals surface area (Å²) in [7, 11) is 0. The third-order valence-corrected chi connectivity index (χ3v) is 6.29. The molecule has 5 rings (SSSR count). The van der Waals surface area contributed by atoms with Crippen molar-refractivity contribution in [3.8, 4) is 5.75 Å². The molecular weight excluding hydrogens is 463 g/mol. The minimum absolute atomic E-state index is 0.0978. The quantitative estimate of drug-likeness (QED) is 0.362. The molecule has 1 N–H and O–H groups in total. The van der Waals surface area contributed by atoms with E-state index >= 15 is 0 Å². The van der Waals surface area contributed by atoms with Gasteiger partial charge in [-0.25, -0.2) is 9.07 Å². The van der Waals surface area contributed by atoms with E-state index in [1.54, 1.807) is 16.8 Å². The number of H-pyrrole nitrogens is 1. The molecule has 36 heavy (non-hydrogen) atoms. The predicted octanol–water partition coefficient (Wildman–Crippen LogP) is 3.43. The molecule has 0 aliphatic carbocycles. The summed E-state index contributed by atoms with van der Waals surface area (Å²) in [6.45, 7) is 5.10. The molecule has 1 fully saturated rings. The van der Waals surface area contributed by atoms with Crippen molar-refractivity contribution in [2.75, 3.05) is 13.2 Å². The molecular formula is C26H29FN6O3. The van der Waals surface area contributed by atoms with Crippen molar-refractivity contribution >= 4 is 10.9 Å².